The van der Waals surface area contributed by atoms with Gasteiger partial charge in [0.15, 0.2) is 5.96 Å². The lowest BCUT2D eigenvalue weighted by molar-refractivity contribution is 0.309. The number of hydrogen-bond acceptors (Lipinski definition) is 3. The Bertz CT molecular complexity index is 575. The molecular formula is C19H31N5. The maximum absolute atomic E-state index is 4.87. The number of likely N-dealkylation sites (tertiary alicyclic amines) is 1. The SMILES string of the molecule is CCNC(=NCc1cccc(N(C)C)n1)N1CCC2(CCCC2)C1. The van der Waals surface area contributed by atoms with E-state index in [1.807, 2.05) is 25.1 Å². The van der Waals surface area contributed by atoms with Crippen LogP contribution in [-0.2, 0) is 6.54 Å². The minimum Gasteiger partial charge on any atom is -0.363 e. The molecule has 0 bridgehead atoms. The van der Waals surface area contributed by atoms with Crippen molar-refractivity contribution in [3.8, 4) is 0 Å². The quantitative estimate of drug-likeness (QED) is 0.681. The Balaban J connectivity index is 1.69. The summed E-state index contributed by atoms with van der Waals surface area (Å²) in [5, 5.41) is 3.48. The molecule has 1 saturated heterocycles. The van der Waals surface area contributed by atoms with Gasteiger partial charge >= 0.3 is 0 Å². The zero-order chi connectivity index (χ0) is 17.0. The van der Waals surface area contributed by atoms with Gasteiger partial charge < -0.3 is 15.1 Å². The molecule has 1 saturated carbocycles. The summed E-state index contributed by atoms with van der Waals surface area (Å²) in [5.74, 6) is 2.04. The first-order valence-corrected chi connectivity index (χ1v) is 9.28. The van der Waals surface area contributed by atoms with Crippen molar-refractivity contribution in [2.24, 2.45) is 10.4 Å². The zero-order valence-corrected chi connectivity index (χ0v) is 15.4. The highest BCUT2D eigenvalue weighted by atomic mass is 15.3. The van der Waals surface area contributed by atoms with E-state index in [9.17, 15) is 0 Å². The summed E-state index contributed by atoms with van der Waals surface area (Å²) in [4.78, 5) is 14.0. The maximum atomic E-state index is 4.87. The predicted molar refractivity (Wildman–Crippen MR) is 100 cm³/mol. The smallest absolute Gasteiger partial charge is 0.194 e. The number of guanidine groups is 1. The molecule has 0 aromatic carbocycles. The Kier molecular flexibility index (Phi) is 5.27. The van der Waals surface area contributed by atoms with Crippen LogP contribution in [-0.4, -0.2) is 49.6 Å². The largest absolute Gasteiger partial charge is 0.363 e. The van der Waals surface area contributed by atoms with Crippen LogP contribution in [0.15, 0.2) is 23.2 Å². The van der Waals surface area contributed by atoms with Crippen LogP contribution in [0.1, 0.15) is 44.7 Å². The van der Waals surface area contributed by atoms with Gasteiger partial charge in [0.2, 0.25) is 0 Å². The van der Waals surface area contributed by atoms with Crippen LogP contribution in [0.3, 0.4) is 0 Å². The van der Waals surface area contributed by atoms with E-state index in [0.717, 1.165) is 30.6 Å². The van der Waals surface area contributed by atoms with Gasteiger partial charge in [-0.3, -0.25) is 0 Å². The van der Waals surface area contributed by atoms with Crippen molar-refractivity contribution in [1.29, 1.82) is 0 Å². The molecule has 0 radical (unpaired) electrons. The average Bonchev–Trinajstić information content (AvgIpc) is 3.22. The predicted octanol–water partition coefficient (Wildman–Crippen LogP) is 2.88. The number of pyridine rings is 1. The van der Waals surface area contributed by atoms with E-state index in [0.29, 0.717) is 12.0 Å². The third-order valence-corrected chi connectivity index (χ3v) is 5.38. The number of aromatic nitrogens is 1. The summed E-state index contributed by atoms with van der Waals surface area (Å²) < 4.78 is 0. The molecule has 2 fully saturated rings. The van der Waals surface area contributed by atoms with E-state index < -0.39 is 0 Å². The Morgan fingerprint density at radius 1 is 1.29 bits per heavy atom. The fourth-order valence-corrected chi connectivity index (χ4v) is 4.03. The summed E-state index contributed by atoms with van der Waals surface area (Å²) in [6.45, 7) is 5.99. The molecule has 1 aliphatic carbocycles. The molecule has 3 rings (SSSR count). The topological polar surface area (TPSA) is 43.8 Å². The average molecular weight is 329 g/mol. The molecule has 24 heavy (non-hydrogen) atoms. The molecule has 0 unspecified atom stereocenters. The fourth-order valence-electron chi connectivity index (χ4n) is 4.03. The first kappa shape index (κ1) is 17.1. The Labute approximate surface area is 146 Å². The van der Waals surface area contributed by atoms with Crippen LogP contribution in [0.5, 0.6) is 0 Å². The summed E-state index contributed by atoms with van der Waals surface area (Å²) in [6.07, 6.45) is 6.93. The van der Waals surface area contributed by atoms with E-state index >= 15 is 0 Å². The van der Waals surface area contributed by atoms with Gasteiger partial charge in [-0.2, -0.15) is 0 Å². The van der Waals surface area contributed by atoms with E-state index in [-0.39, 0.29) is 0 Å². The molecule has 1 aromatic rings. The van der Waals surface area contributed by atoms with Crippen molar-refractivity contribution >= 4 is 11.8 Å². The van der Waals surface area contributed by atoms with Crippen molar-refractivity contribution in [3.05, 3.63) is 23.9 Å². The van der Waals surface area contributed by atoms with Gasteiger partial charge in [-0.1, -0.05) is 18.9 Å². The molecule has 1 aromatic heterocycles. The number of hydrogen-bond donors (Lipinski definition) is 1. The van der Waals surface area contributed by atoms with Crippen LogP contribution in [0, 0.1) is 5.41 Å². The van der Waals surface area contributed by atoms with Gasteiger partial charge in [-0.05, 0) is 43.7 Å². The molecule has 1 N–H and O–H groups in total. The zero-order valence-electron chi connectivity index (χ0n) is 15.4. The Hall–Kier alpha value is -1.78. The van der Waals surface area contributed by atoms with Crippen LogP contribution in [0.2, 0.25) is 0 Å². The second-order valence-corrected chi connectivity index (χ2v) is 7.43. The molecule has 1 spiro atoms. The van der Waals surface area contributed by atoms with E-state index in [4.69, 9.17) is 4.99 Å². The monoisotopic (exact) mass is 329 g/mol. The highest BCUT2D eigenvalue weighted by Crippen LogP contribution is 2.45. The van der Waals surface area contributed by atoms with Gasteiger partial charge in [0.05, 0.1) is 12.2 Å². The second-order valence-electron chi connectivity index (χ2n) is 7.43. The molecule has 5 heteroatoms. The van der Waals surface area contributed by atoms with Crippen molar-refractivity contribution < 1.29 is 0 Å². The number of nitrogens with one attached hydrogen (secondary N) is 1. The second kappa shape index (κ2) is 7.41. The fraction of sp³-hybridized carbons (Fsp3) is 0.684. The number of anilines is 1. The molecule has 0 amide bonds. The van der Waals surface area contributed by atoms with Gasteiger partial charge in [0.25, 0.3) is 0 Å². The maximum Gasteiger partial charge on any atom is 0.194 e. The first-order valence-electron chi connectivity index (χ1n) is 9.28. The molecule has 2 aliphatic rings. The van der Waals surface area contributed by atoms with Gasteiger partial charge in [0, 0.05) is 33.7 Å². The highest BCUT2D eigenvalue weighted by Gasteiger charge is 2.41. The van der Waals surface area contributed by atoms with Crippen LogP contribution >= 0.6 is 0 Å². The molecule has 132 valence electrons. The summed E-state index contributed by atoms with van der Waals surface area (Å²) in [5.41, 5.74) is 1.59. The standard InChI is InChI=1S/C19H31N5/c1-4-20-18(24-13-12-19(15-24)10-5-6-11-19)21-14-16-8-7-9-17(22-16)23(2)3/h7-9H,4-6,10-15H2,1-3H3,(H,20,21). The molecule has 2 heterocycles. The van der Waals surface area contributed by atoms with Gasteiger partial charge in [-0.15, -0.1) is 0 Å². The molecule has 5 nitrogen and oxygen atoms in total. The first-order chi connectivity index (χ1) is 11.6. The number of nitrogens with zero attached hydrogens (tertiary/aromatic N) is 4. The van der Waals surface area contributed by atoms with Crippen molar-refractivity contribution in [1.82, 2.24) is 15.2 Å². The summed E-state index contributed by atoms with van der Waals surface area (Å²) in [6, 6.07) is 6.15. The number of rotatable bonds is 4. The highest BCUT2D eigenvalue weighted by molar-refractivity contribution is 5.80. The molecular weight excluding hydrogens is 298 g/mol. The van der Waals surface area contributed by atoms with Crippen LogP contribution < -0.4 is 10.2 Å². The normalized spacial score (nSPS) is 20.0. The van der Waals surface area contributed by atoms with Crippen LogP contribution in [0.4, 0.5) is 5.82 Å². The third kappa shape index (κ3) is 3.82. The Morgan fingerprint density at radius 3 is 2.79 bits per heavy atom. The third-order valence-electron chi connectivity index (χ3n) is 5.38. The minimum atomic E-state index is 0.569. The summed E-state index contributed by atoms with van der Waals surface area (Å²) in [7, 11) is 4.04. The molecule has 1 aliphatic heterocycles. The van der Waals surface area contributed by atoms with E-state index in [2.05, 4.69) is 34.3 Å². The lowest BCUT2D eigenvalue weighted by Gasteiger charge is -2.26. The molecule has 0 atom stereocenters. The number of aliphatic imine (C=N–C) groups is 1. The minimum absolute atomic E-state index is 0.569. The van der Waals surface area contributed by atoms with Crippen molar-refractivity contribution in [3.63, 3.8) is 0 Å². The lowest BCUT2D eigenvalue weighted by Crippen LogP contribution is -2.41. The lowest BCUT2D eigenvalue weighted by atomic mass is 9.86. The van der Waals surface area contributed by atoms with Crippen LogP contribution in [0.25, 0.3) is 0 Å². The van der Waals surface area contributed by atoms with Gasteiger partial charge in [-0.25, -0.2) is 9.98 Å². The van der Waals surface area contributed by atoms with Crippen molar-refractivity contribution in [2.75, 3.05) is 38.6 Å². The van der Waals surface area contributed by atoms with E-state index in [1.54, 1.807) is 0 Å². The van der Waals surface area contributed by atoms with Gasteiger partial charge in [0.1, 0.15) is 5.82 Å². The Morgan fingerprint density at radius 2 is 2.08 bits per heavy atom. The van der Waals surface area contributed by atoms with Crippen molar-refractivity contribution in [2.45, 2.75) is 45.6 Å². The van der Waals surface area contributed by atoms with E-state index in [1.165, 1.54) is 38.6 Å². The summed E-state index contributed by atoms with van der Waals surface area (Å²) >= 11 is 0.